The summed E-state index contributed by atoms with van der Waals surface area (Å²) in [4.78, 5) is 0. The van der Waals surface area contributed by atoms with Crippen LogP contribution >= 0.6 is 0 Å². The van der Waals surface area contributed by atoms with E-state index in [1.54, 1.807) is 0 Å². The third-order valence-corrected chi connectivity index (χ3v) is 16.5. The van der Waals surface area contributed by atoms with Gasteiger partial charge in [0.25, 0.3) is 0 Å². The fourth-order valence-corrected chi connectivity index (χ4v) is 14.4. The molecular formula is C38H70. The summed E-state index contributed by atoms with van der Waals surface area (Å²) < 4.78 is 0. The van der Waals surface area contributed by atoms with Crippen molar-refractivity contribution in [2.24, 2.45) is 98.6 Å². The average Bonchev–Trinajstić information content (AvgIpc) is 2.82. The Morgan fingerprint density at radius 2 is 1.42 bits per heavy atom. The van der Waals surface area contributed by atoms with Crippen LogP contribution in [0.4, 0.5) is 0 Å². The molecule has 38 heavy (non-hydrogen) atoms. The minimum atomic E-state index is 0.413. The molecule has 0 nitrogen and oxygen atoms in total. The van der Waals surface area contributed by atoms with E-state index < -0.39 is 0 Å². The summed E-state index contributed by atoms with van der Waals surface area (Å²) in [5.74, 6) is 10.9. The molecule has 0 aromatic heterocycles. The molecule has 4 aliphatic rings. The van der Waals surface area contributed by atoms with Crippen molar-refractivity contribution in [2.75, 3.05) is 0 Å². The maximum Gasteiger partial charge on any atom is -0.0212 e. The molecule has 0 radical (unpaired) electrons. The smallest absolute Gasteiger partial charge is 0.0212 e. The lowest BCUT2D eigenvalue weighted by Gasteiger charge is -2.77. The van der Waals surface area contributed by atoms with Crippen molar-refractivity contribution in [1.82, 2.24) is 0 Å². The Labute approximate surface area is 240 Å². The first-order valence-corrected chi connectivity index (χ1v) is 17.4. The van der Waals surface area contributed by atoms with Crippen molar-refractivity contribution in [2.45, 2.75) is 142 Å². The molecule has 4 fully saturated rings. The molecule has 0 bridgehead atoms. The van der Waals surface area contributed by atoms with E-state index in [1.807, 2.05) is 0 Å². The third kappa shape index (κ3) is 3.92. The highest BCUT2D eigenvalue weighted by molar-refractivity contribution is 5.20. The van der Waals surface area contributed by atoms with E-state index in [9.17, 15) is 0 Å². The molecule has 0 spiro atoms. The van der Waals surface area contributed by atoms with Crippen molar-refractivity contribution in [3.05, 3.63) is 0 Å². The molecule has 0 heteroatoms. The van der Waals surface area contributed by atoms with Gasteiger partial charge in [-0.05, 0) is 124 Å². The van der Waals surface area contributed by atoms with Crippen LogP contribution in [-0.2, 0) is 0 Å². The standard InChI is InChI=1S/C38H70/c1-16-17-20-35(11,12)31-19-18-30-26(7)37(14)29(10)36(13)21-23(4)32(22(2)3)27(8)38(36,15)28(9)34(37)25(6)33(30)24(31)5/h22-34H,16-21H2,1-15H3. The fourth-order valence-electron chi connectivity index (χ4n) is 14.4. The number of fused-ring (bicyclic) bond motifs is 3. The second-order valence-electron chi connectivity index (χ2n) is 17.9. The molecule has 4 rings (SSSR count). The summed E-state index contributed by atoms with van der Waals surface area (Å²) in [7, 11) is 0. The third-order valence-electron chi connectivity index (χ3n) is 16.5. The SMILES string of the molecule is CCCCC(C)(C)C1CCC2C(C1C)C(C)C1C(C)C3(C)C(C)C(C(C)C)C(C)CC3(C)C(C)C1(C)C2C. The lowest BCUT2D eigenvalue weighted by atomic mass is 9.28. The van der Waals surface area contributed by atoms with Crippen molar-refractivity contribution in [3.8, 4) is 0 Å². The lowest BCUT2D eigenvalue weighted by molar-refractivity contribution is -0.292. The van der Waals surface area contributed by atoms with Crippen LogP contribution in [0, 0.1) is 98.6 Å². The van der Waals surface area contributed by atoms with E-state index in [0.717, 1.165) is 76.9 Å². The normalized spacial score (nSPS) is 55.3. The fraction of sp³-hybridized carbons (Fsp3) is 1.00. The molecule has 4 aliphatic carbocycles. The Morgan fingerprint density at radius 1 is 0.816 bits per heavy atom. The highest BCUT2D eigenvalue weighted by Crippen LogP contribution is 2.78. The van der Waals surface area contributed by atoms with Gasteiger partial charge < -0.3 is 0 Å². The van der Waals surface area contributed by atoms with Gasteiger partial charge >= 0.3 is 0 Å². The molecule has 15 atom stereocenters. The van der Waals surface area contributed by atoms with Gasteiger partial charge in [-0.25, -0.2) is 0 Å². The zero-order valence-corrected chi connectivity index (χ0v) is 28.7. The van der Waals surface area contributed by atoms with Gasteiger partial charge in [-0.3, -0.25) is 0 Å². The van der Waals surface area contributed by atoms with Crippen molar-refractivity contribution in [3.63, 3.8) is 0 Å². The van der Waals surface area contributed by atoms with E-state index in [2.05, 4.69) is 104 Å². The van der Waals surface area contributed by atoms with Crippen LogP contribution in [0.5, 0.6) is 0 Å². The summed E-state index contributed by atoms with van der Waals surface area (Å²) in [6.07, 6.45) is 8.54. The minimum absolute atomic E-state index is 0.413. The second-order valence-corrected chi connectivity index (χ2v) is 17.9. The van der Waals surface area contributed by atoms with Crippen LogP contribution in [0.25, 0.3) is 0 Å². The second kappa shape index (κ2) is 10.1. The van der Waals surface area contributed by atoms with Crippen LogP contribution in [-0.4, -0.2) is 0 Å². The molecule has 0 aromatic carbocycles. The number of hydrogen-bond acceptors (Lipinski definition) is 0. The molecule has 0 saturated heterocycles. The minimum Gasteiger partial charge on any atom is -0.0654 e. The predicted molar refractivity (Wildman–Crippen MR) is 168 cm³/mol. The Balaban J connectivity index is 1.78. The maximum atomic E-state index is 2.81. The van der Waals surface area contributed by atoms with E-state index in [1.165, 1.54) is 38.5 Å². The van der Waals surface area contributed by atoms with Gasteiger partial charge in [-0.1, -0.05) is 117 Å². The van der Waals surface area contributed by atoms with Crippen molar-refractivity contribution >= 4 is 0 Å². The Kier molecular flexibility index (Phi) is 8.20. The van der Waals surface area contributed by atoms with Gasteiger partial charge in [-0.15, -0.1) is 0 Å². The van der Waals surface area contributed by atoms with Gasteiger partial charge in [0.2, 0.25) is 0 Å². The van der Waals surface area contributed by atoms with Crippen molar-refractivity contribution < 1.29 is 0 Å². The summed E-state index contributed by atoms with van der Waals surface area (Å²) in [5, 5.41) is 0. The molecule has 15 unspecified atom stereocenters. The zero-order valence-electron chi connectivity index (χ0n) is 28.7. The monoisotopic (exact) mass is 527 g/mol. The summed E-state index contributed by atoms with van der Waals surface area (Å²) in [6, 6.07) is 0. The lowest BCUT2D eigenvalue weighted by Crippen LogP contribution is -2.72. The van der Waals surface area contributed by atoms with Gasteiger partial charge in [0.1, 0.15) is 0 Å². The van der Waals surface area contributed by atoms with E-state index in [0.29, 0.717) is 21.7 Å². The molecule has 0 heterocycles. The Morgan fingerprint density at radius 3 is 1.97 bits per heavy atom. The zero-order chi connectivity index (χ0) is 28.7. The first-order chi connectivity index (χ1) is 17.4. The van der Waals surface area contributed by atoms with E-state index in [-0.39, 0.29) is 0 Å². The first kappa shape index (κ1) is 30.9. The quantitative estimate of drug-likeness (QED) is 0.334. The van der Waals surface area contributed by atoms with Crippen LogP contribution in [0.2, 0.25) is 0 Å². The van der Waals surface area contributed by atoms with Gasteiger partial charge in [0.05, 0.1) is 0 Å². The summed E-state index contributed by atoms with van der Waals surface area (Å²) in [5.41, 5.74) is 1.77. The van der Waals surface area contributed by atoms with Gasteiger partial charge in [0.15, 0.2) is 0 Å². The number of hydrogen-bond donors (Lipinski definition) is 0. The van der Waals surface area contributed by atoms with E-state index >= 15 is 0 Å². The topological polar surface area (TPSA) is 0 Å². The summed E-state index contributed by atoms with van der Waals surface area (Å²) in [6.45, 7) is 40.1. The maximum absolute atomic E-state index is 2.81. The first-order valence-electron chi connectivity index (χ1n) is 17.4. The van der Waals surface area contributed by atoms with Gasteiger partial charge in [0, 0.05) is 0 Å². The van der Waals surface area contributed by atoms with E-state index in [4.69, 9.17) is 0 Å². The largest absolute Gasteiger partial charge is 0.0654 e. The molecular weight excluding hydrogens is 456 g/mol. The molecule has 0 aromatic rings. The number of unbranched alkanes of at least 4 members (excludes halogenated alkanes) is 1. The predicted octanol–water partition coefficient (Wildman–Crippen LogP) is 11.6. The average molecular weight is 527 g/mol. The Hall–Kier alpha value is 0. The molecule has 0 aliphatic heterocycles. The van der Waals surface area contributed by atoms with Crippen LogP contribution in [0.1, 0.15) is 142 Å². The highest BCUT2D eigenvalue weighted by atomic mass is 14.8. The molecule has 4 saturated carbocycles. The molecule has 0 N–H and O–H groups in total. The summed E-state index contributed by atoms with van der Waals surface area (Å²) >= 11 is 0. The molecule has 0 amide bonds. The van der Waals surface area contributed by atoms with Crippen LogP contribution in [0.15, 0.2) is 0 Å². The number of rotatable bonds is 5. The molecule has 222 valence electrons. The van der Waals surface area contributed by atoms with Crippen molar-refractivity contribution in [1.29, 1.82) is 0 Å². The van der Waals surface area contributed by atoms with Crippen LogP contribution in [0.3, 0.4) is 0 Å². The Bertz CT molecular complexity index is 837. The highest BCUT2D eigenvalue weighted by Gasteiger charge is 2.72. The van der Waals surface area contributed by atoms with Gasteiger partial charge in [-0.2, -0.15) is 0 Å². The van der Waals surface area contributed by atoms with Crippen LogP contribution < -0.4 is 0 Å².